The monoisotopic (exact) mass is 386 g/mol. The number of ether oxygens (including phenoxy) is 2. The molecule has 0 saturated carbocycles. The molecule has 0 unspecified atom stereocenters. The molecule has 0 spiro atoms. The summed E-state index contributed by atoms with van der Waals surface area (Å²) in [6, 6.07) is 13.8. The molecule has 1 amide bonds. The SMILES string of the molecule is COc1ccc(CCC(=O)O[C@H](C)C(=O)Nc2ccc(C#N)c(Cl)c2)cc1. The van der Waals surface area contributed by atoms with Gasteiger partial charge in [-0.05, 0) is 49.2 Å². The Morgan fingerprint density at radius 2 is 1.93 bits per heavy atom. The van der Waals surface area contributed by atoms with Gasteiger partial charge in [-0.1, -0.05) is 23.7 Å². The smallest absolute Gasteiger partial charge is 0.306 e. The van der Waals surface area contributed by atoms with Gasteiger partial charge in [-0.3, -0.25) is 9.59 Å². The van der Waals surface area contributed by atoms with E-state index in [1.807, 2.05) is 30.3 Å². The van der Waals surface area contributed by atoms with Crippen molar-refractivity contribution in [3.63, 3.8) is 0 Å². The lowest BCUT2D eigenvalue weighted by Crippen LogP contribution is -2.30. The van der Waals surface area contributed by atoms with Gasteiger partial charge in [0, 0.05) is 12.1 Å². The Morgan fingerprint density at radius 1 is 1.22 bits per heavy atom. The number of halogens is 1. The van der Waals surface area contributed by atoms with Gasteiger partial charge >= 0.3 is 5.97 Å². The number of nitriles is 1. The largest absolute Gasteiger partial charge is 0.497 e. The predicted octanol–water partition coefficient (Wildman–Crippen LogP) is 3.72. The lowest BCUT2D eigenvalue weighted by Gasteiger charge is -2.14. The van der Waals surface area contributed by atoms with Gasteiger partial charge in [-0.2, -0.15) is 5.26 Å². The van der Waals surface area contributed by atoms with Crippen molar-refractivity contribution in [1.29, 1.82) is 5.26 Å². The fraction of sp³-hybridized carbons (Fsp3) is 0.250. The molecule has 1 atom stereocenters. The van der Waals surface area contributed by atoms with Crippen molar-refractivity contribution in [1.82, 2.24) is 0 Å². The van der Waals surface area contributed by atoms with Gasteiger partial charge in [-0.25, -0.2) is 0 Å². The highest BCUT2D eigenvalue weighted by atomic mass is 35.5. The van der Waals surface area contributed by atoms with Crippen LogP contribution in [0.4, 0.5) is 5.69 Å². The first kappa shape index (κ1) is 20.3. The fourth-order valence-electron chi connectivity index (χ4n) is 2.28. The van der Waals surface area contributed by atoms with Gasteiger partial charge in [0.25, 0.3) is 5.91 Å². The highest BCUT2D eigenvalue weighted by Crippen LogP contribution is 2.20. The fourth-order valence-corrected chi connectivity index (χ4v) is 2.50. The first-order valence-corrected chi connectivity index (χ1v) is 8.63. The minimum atomic E-state index is -0.956. The number of hydrogen-bond donors (Lipinski definition) is 1. The van der Waals surface area contributed by atoms with Crippen molar-refractivity contribution in [2.75, 3.05) is 12.4 Å². The normalized spacial score (nSPS) is 11.2. The number of hydrogen-bond acceptors (Lipinski definition) is 5. The lowest BCUT2D eigenvalue weighted by molar-refractivity contribution is -0.153. The topological polar surface area (TPSA) is 88.4 Å². The summed E-state index contributed by atoms with van der Waals surface area (Å²) < 4.78 is 10.2. The van der Waals surface area contributed by atoms with Crippen LogP contribution in [0.3, 0.4) is 0 Å². The Kier molecular flexibility index (Phi) is 7.21. The summed E-state index contributed by atoms with van der Waals surface area (Å²) in [5.41, 5.74) is 1.70. The van der Waals surface area contributed by atoms with Crippen molar-refractivity contribution >= 4 is 29.2 Å². The molecule has 0 heterocycles. The average molecular weight is 387 g/mol. The van der Waals surface area contributed by atoms with E-state index in [0.717, 1.165) is 11.3 Å². The van der Waals surface area contributed by atoms with Gasteiger partial charge in [0.05, 0.1) is 17.7 Å². The second kappa shape index (κ2) is 9.60. The molecule has 6 nitrogen and oxygen atoms in total. The van der Waals surface area contributed by atoms with Crippen molar-refractivity contribution in [2.45, 2.75) is 25.9 Å². The first-order chi connectivity index (χ1) is 12.9. The molecule has 0 radical (unpaired) electrons. The molecule has 2 aromatic rings. The minimum Gasteiger partial charge on any atom is -0.497 e. The standard InChI is InChI=1S/C20H19ClN2O4/c1-13(20(25)23-16-7-6-15(12-22)18(21)11-16)27-19(24)10-5-14-3-8-17(26-2)9-4-14/h3-4,6-9,11,13H,5,10H2,1-2H3,(H,23,25)/t13-/m1/s1. The number of benzene rings is 2. The third-order valence-corrected chi connectivity index (χ3v) is 4.12. The molecule has 0 aliphatic heterocycles. The summed E-state index contributed by atoms with van der Waals surface area (Å²) in [5.74, 6) is -0.200. The van der Waals surface area contributed by atoms with E-state index in [0.29, 0.717) is 17.7 Å². The Balaban J connectivity index is 1.83. The van der Waals surface area contributed by atoms with E-state index in [1.54, 1.807) is 13.2 Å². The Hall–Kier alpha value is -3.04. The number of amides is 1. The number of esters is 1. The highest BCUT2D eigenvalue weighted by molar-refractivity contribution is 6.32. The van der Waals surface area contributed by atoms with Crippen LogP contribution in [0.2, 0.25) is 5.02 Å². The van der Waals surface area contributed by atoms with Crippen LogP contribution in [0, 0.1) is 11.3 Å². The van der Waals surface area contributed by atoms with Crippen LogP contribution in [-0.4, -0.2) is 25.1 Å². The molecule has 27 heavy (non-hydrogen) atoms. The second-order valence-electron chi connectivity index (χ2n) is 5.78. The van der Waals surface area contributed by atoms with E-state index in [2.05, 4.69) is 5.32 Å². The van der Waals surface area contributed by atoms with E-state index >= 15 is 0 Å². The zero-order valence-corrected chi connectivity index (χ0v) is 15.7. The number of rotatable bonds is 7. The minimum absolute atomic E-state index is 0.159. The Bertz CT molecular complexity index is 859. The Labute approximate surface area is 162 Å². The molecular formula is C20H19ClN2O4. The molecule has 0 aliphatic carbocycles. The zero-order valence-electron chi connectivity index (χ0n) is 15.0. The predicted molar refractivity (Wildman–Crippen MR) is 102 cm³/mol. The van der Waals surface area contributed by atoms with Gasteiger partial charge in [-0.15, -0.1) is 0 Å². The third kappa shape index (κ3) is 6.01. The maximum atomic E-state index is 12.1. The molecular weight excluding hydrogens is 368 g/mol. The average Bonchev–Trinajstić information content (AvgIpc) is 2.66. The highest BCUT2D eigenvalue weighted by Gasteiger charge is 2.18. The molecule has 7 heteroatoms. The van der Waals surface area contributed by atoms with Crippen LogP contribution in [0.5, 0.6) is 5.75 Å². The summed E-state index contributed by atoms with van der Waals surface area (Å²) in [4.78, 5) is 24.1. The van der Waals surface area contributed by atoms with Crippen molar-refractivity contribution in [3.05, 3.63) is 58.6 Å². The van der Waals surface area contributed by atoms with Crippen molar-refractivity contribution in [2.24, 2.45) is 0 Å². The molecule has 1 N–H and O–H groups in total. The van der Waals surface area contributed by atoms with E-state index < -0.39 is 18.0 Å². The number of carbonyl (C=O) groups excluding carboxylic acids is 2. The zero-order chi connectivity index (χ0) is 19.8. The van der Waals surface area contributed by atoms with Crippen LogP contribution < -0.4 is 10.1 Å². The molecule has 140 valence electrons. The van der Waals surface area contributed by atoms with Gasteiger partial charge in [0.1, 0.15) is 11.8 Å². The molecule has 2 aromatic carbocycles. The van der Waals surface area contributed by atoms with Crippen LogP contribution in [-0.2, 0) is 20.7 Å². The summed E-state index contributed by atoms with van der Waals surface area (Å²) in [6.07, 6.45) is -0.294. The first-order valence-electron chi connectivity index (χ1n) is 8.26. The van der Waals surface area contributed by atoms with Gasteiger partial charge in [0.15, 0.2) is 6.10 Å². The number of carbonyl (C=O) groups is 2. The third-order valence-electron chi connectivity index (χ3n) is 3.81. The lowest BCUT2D eigenvalue weighted by atomic mass is 10.1. The van der Waals surface area contributed by atoms with Crippen molar-refractivity contribution < 1.29 is 19.1 Å². The summed E-state index contributed by atoms with van der Waals surface area (Å²) in [5, 5.41) is 11.7. The maximum Gasteiger partial charge on any atom is 0.306 e. The molecule has 0 bridgehead atoms. The molecule has 0 aliphatic rings. The van der Waals surface area contributed by atoms with Crippen molar-refractivity contribution in [3.8, 4) is 11.8 Å². The van der Waals surface area contributed by atoms with E-state index in [-0.39, 0.29) is 11.4 Å². The molecule has 2 rings (SSSR count). The number of aryl methyl sites for hydroxylation is 1. The molecule has 0 aromatic heterocycles. The van der Waals surface area contributed by atoms with Crippen LogP contribution in [0.1, 0.15) is 24.5 Å². The Morgan fingerprint density at radius 3 is 2.52 bits per heavy atom. The van der Waals surface area contributed by atoms with E-state index in [1.165, 1.54) is 19.1 Å². The number of nitrogens with zero attached hydrogens (tertiary/aromatic N) is 1. The molecule has 0 saturated heterocycles. The molecule has 0 fully saturated rings. The van der Waals surface area contributed by atoms with Crippen LogP contribution in [0.15, 0.2) is 42.5 Å². The van der Waals surface area contributed by atoms with Crippen LogP contribution in [0.25, 0.3) is 0 Å². The maximum absolute atomic E-state index is 12.1. The van der Waals surface area contributed by atoms with Crippen LogP contribution >= 0.6 is 11.6 Å². The second-order valence-corrected chi connectivity index (χ2v) is 6.18. The van der Waals surface area contributed by atoms with E-state index in [4.69, 9.17) is 26.3 Å². The summed E-state index contributed by atoms with van der Waals surface area (Å²) >= 11 is 5.93. The number of methoxy groups -OCH3 is 1. The number of anilines is 1. The quantitative estimate of drug-likeness (QED) is 0.732. The van der Waals surface area contributed by atoms with Gasteiger partial charge in [0.2, 0.25) is 0 Å². The summed E-state index contributed by atoms with van der Waals surface area (Å²) in [6.45, 7) is 1.49. The van der Waals surface area contributed by atoms with Gasteiger partial charge < -0.3 is 14.8 Å². The number of nitrogens with one attached hydrogen (secondary N) is 1. The summed E-state index contributed by atoms with van der Waals surface area (Å²) in [7, 11) is 1.59. The van der Waals surface area contributed by atoms with E-state index in [9.17, 15) is 9.59 Å².